The van der Waals surface area contributed by atoms with Crippen molar-refractivity contribution in [1.82, 2.24) is 15.6 Å². The fourth-order valence-corrected chi connectivity index (χ4v) is 3.64. The van der Waals surface area contributed by atoms with E-state index < -0.39 is 0 Å². The lowest BCUT2D eigenvalue weighted by molar-refractivity contribution is 0.174. The minimum atomic E-state index is 0. The van der Waals surface area contributed by atoms with Gasteiger partial charge in [-0.05, 0) is 43.2 Å². The molecule has 1 aromatic heterocycles. The predicted octanol–water partition coefficient (Wildman–Crippen LogP) is 3.42. The lowest BCUT2D eigenvalue weighted by Gasteiger charge is -2.20. The molecule has 29 heavy (non-hydrogen) atoms. The summed E-state index contributed by atoms with van der Waals surface area (Å²) in [6.07, 6.45) is 2.78. The van der Waals surface area contributed by atoms with Gasteiger partial charge >= 0.3 is 0 Å². The van der Waals surface area contributed by atoms with Gasteiger partial charge in [-0.2, -0.15) is 0 Å². The lowest BCUT2D eigenvalue weighted by atomic mass is 10.2. The molecule has 1 saturated heterocycles. The first-order valence-electron chi connectivity index (χ1n) is 9.52. The molecule has 4 rings (SSSR count). The van der Waals surface area contributed by atoms with Gasteiger partial charge < -0.3 is 25.0 Å². The smallest absolute Gasteiger partial charge is 0.231 e. The summed E-state index contributed by atoms with van der Waals surface area (Å²) >= 11 is 6.29. The summed E-state index contributed by atoms with van der Waals surface area (Å²) < 4.78 is 10.8. The molecule has 2 aromatic rings. The van der Waals surface area contributed by atoms with Crippen molar-refractivity contribution in [2.24, 2.45) is 4.99 Å². The van der Waals surface area contributed by atoms with Gasteiger partial charge in [-0.15, -0.1) is 24.0 Å². The molecule has 1 atom stereocenters. The average molecular weight is 530 g/mol. The Morgan fingerprint density at radius 2 is 2.17 bits per heavy atom. The van der Waals surface area contributed by atoms with Crippen LogP contribution < -0.4 is 25.0 Å². The van der Waals surface area contributed by atoms with E-state index in [1.165, 1.54) is 0 Å². The summed E-state index contributed by atoms with van der Waals surface area (Å²) in [5.41, 5.74) is 1.08. The molecule has 0 amide bonds. The highest BCUT2D eigenvalue weighted by molar-refractivity contribution is 14.0. The molecule has 0 aliphatic carbocycles. The largest absolute Gasteiger partial charge is 0.454 e. The van der Waals surface area contributed by atoms with Crippen molar-refractivity contribution >= 4 is 47.4 Å². The molecule has 2 N–H and O–H groups in total. The van der Waals surface area contributed by atoms with Crippen LogP contribution >= 0.6 is 35.6 Å². The van der Waals surface area contributed by atoms with Gasteiger partial charge in [0, 0.05) is 31.9 Å². The number of aromatic nitrogens is 1. The van der Waals surface area contributed by atoms with Gasteiger partial charge in [0.1, 0.15) is 5.82 Å². The molecule has 2 aliphatic rings. The maximum atomic E-state index is 6.29. The van der Waals surface area contributed by atoms with Crippen molar-refractivity contribution in [2.75, 3.05) is 31.3 Å². The number of nitrogens with one attached hydrogen (secondary N) is 2. The number of aliphatic imine (C=N–C) groups is 1. The zero-order valence-electron chi connectivity index (χ0n) is 16.2. The minimum Gasteiger partial charge on any atom is -0.454 e. The molecule has 1 fully saturated rings. The van der Waals surface area contributed by atoms with Crippen LogP contribution in [0.2, 0.25) is 5.02 Å². The van der Waals surface area contributed by atoms with Crippen LogP contribution in [0.25, 0.3) is 0 Å². The third kappa shape index (κ3) is 5.36. The Hall–Kier alpha value is -1.94. The van der Waals surface area contributed by atoms with Crippen molar-refractivity contribution in [2.45, 2.75) is 25.9 Å². The van der Waals surface area contributed by atoms with Gasteiger partial charge in [0.05, 0.1) is 11.6 Å². The van der Waals surface area contributed by atoms with Crippen LogP contribution in [-0.2, 0) is 6.54 Å². The maximum Gasteiger partial charge on any atom is 0.231 e. The predicted molar refractivity (Wildman–Crippen MR) is 126 cm³/mol. The molecular formula is C20H25ClIN5O2. The Morgan fingerprint density at radius 3 is 3.00 bits per heavy atom. The highest BCUT2D eigenvalue weighted by Gasteiger charge is 2.25. The summed E-state index contributed by atoms with van der Waals surface area (Å²) in [5.74, 6) is 3.22. The van der Waals surface area contributed by atoms with Gasteiger partial charge in [0.25, 0.3) is 0 Å². The van der Waals surface area contributed by atoms with Gasteiger partial charge in [-0.1, -0.05) is 17.7 Å². The quantitative estimate of drug-likeness (QED) is 0.351. The Morgan fingerprint density at radius 1 is 1.31 bits per heavy atom. The normalized spacial score (nSPS) is 17.8. The number of hydrogen-bond acceptors (Lipinski definition) is 5. The van der Waals surface area contributed by atoms with Crippen LogP contribution in [0.3, 0.4) is 0 Å². The summed E-state index contributed by atoms with van der Waals surface area (Å²) in [6.45, 7) is 5.46. The number of halogens is 2. The number of guanidine groups is 1. The van der Waals surface area contributed by atoms with Gasteiger partial charge in [0.15, 0.2) is 17.5 Å². The Balaban J connectivity index is 0.00000240. The summed E-state index contributed by atoms with van der Waals surface area (Å²) in [7, 11) is 0. The average Bonchev–Trinajstić information content (AvgIpc) is 3.35. The molecule has 7 nitrogen and oxygen atoms in total. The van der Waals surface area contributed by atoms with Gasteiger partial charge in [-0.3, -0.25) is 0 Å². The van der Waals surface area contributed by atoms with Crippen molar-refractivity contribution < 1.29 is 9.47 Å². The Bertz CT molecular complexity index is 867. The molecule has 156 valence electrons. The molecule has 2 aliphatic heterocycles. The summed E-state index contributed by atoms with van der Waals surface area (Å²) in [5, 5.41) is 7.54. The monoisotopic (exact) mass is 529 g/mol. The Labute approximate surface area is 192 Å². The van der Waals surface area contributed by atoms with Crippen molar-refractivity contribution in [3.8, 4) is 11.5 Å². The van der Waals surface area contributed by atoms with Crippen LogP contribution in [0.1, 0.15) is 18.9 Å². The molecule has 3 heterocycles. The molecule has 0 saturated carbocycles. The summed E-state index contributed by atoms with van der Waals surface area (Å²) in [4.78, 5) is 11.3. The van der Waals surface area contributed by atoms with Crippen LogP contribution in [0.15, 0.2) is 41.5 Å². The third-order valence-corrected chi connectivity index (χ3v) is 5.06. The van der Waals surface area contributed by atoms with E-state index in [1.807, 2.05) is 30.3 Å². The van der Waals surface area contributed by atoms with Crippen LogP contribution in [0.5, 0.6) is 11.5 Å². The second kappa shape index (κ2) is 10.2. The second-order valence-electron chi connectivity index (χ2n) is 6.77. The number of benzene rings is 1. The third-order valence-electron chi connectivity index (χ3n) is 4.77. The van der Waals surface area contributed by atoms with Crippen LogP contribution in [-0.4, -0.2) is 43.4 Å². The fraction of sp³-hybridized carbons (Fsp3) is 0.400. The van der Waals surface area contributed by atoms with Crippen molar-refractivity contribution in [3.05, 3.63) is 47.1 Å². The van der Waals surface area contributed by atoms with E-state index in [1.54, 1.807) is 6.20 Å². The molecule has 0 radical (unpaired) electrons. The number of pyridine rings is 1. The molecule has 1 aromatic carbocycles. The van der Waals surface area contributed by atoms with Crippen LogP contribution in [0, 0.1) is 0 Å². The first-order chi connectivity index (χ1) is 13.7. The van der Waals surface area contributed by atoms with E-state index in [9.17, 15) is 0 Å². The van der Waals surface area contributed by atoms with Crippen LogP contribution in [0.4, 0.5) is 5.82 Å². The Kier molecular flexibility index (Phi) is 7.65. The molecular weight excluding hydrogens is 505 g/mol. The zero-order valence-corrected chi connectivity index (χ0v) is 19.3. The van der Waals surface area contributed by atoms with E-state index in [4.69, 9.17) is 26.1 Å². The topological polar surface area (TPSA) is 71.0 Å². The standard InChI is InChI=1S/C20H24ClN5O2.HI/c1-2-22-20(24-11-14-5-6-17-18(10-14)28-13-27-17)25-15-7-9-26(12-15)19-16(21)4-3-8-23-19;/h3-6,8,10,15H,2,7,9,11-13H2,1H3,(H2,22,24,25);1H. The molecule has 0 bridgehead atoms. The summed E-state index contributed by atoms with van der Waals surface area (Å²) in [6, 6.07) is 9.94. The highest BCUT2D eigenvalue weighted by atomic mass is 127. The van der Waals surface area contributed by atoms with E-state index in [-0.39, 0.29) is 36.8 Å². The van der Waals surface area contributed by atoms with Crippen molar-refractivity contribution in [1.29, 1.82) is 0 Å². The number of anilines is 1. The van der Waals surface area contributed by atoms with E-state index in [0.717, 1.165) is 54.9 Å². The molecule has 0 spiro atoms. The van der Waals surface area contributed by atoms with E-state index >= 15 is 0 Å². The van der Waals surface area contributed by atoms with E-state index in [2.05, 4.69) is 27.4 Å². The minimum absolute atomic E-state index is 0. The second-order valence-corrected chi connectivity index (χ2v) is 7.17. The van der Waals surface area contributed by atoms with Crippen molar-refractivity contribution in [3.63, 3.8) is 0 Å². The number of rotatable bonds is 5. The molecule has 1 unspecified atom stereocenters. The van der Waals surface area contributed by atoms with Gasteiger partial charge in [-0.25, -0.2) is 9.98 Å². The number of nitrogens with zero attached hydrogens (tertiary/aromatic N) is 3. The highest BCUT2D eigenvalue weighted by Crippen LogP contribution is 2.32. The maximum absolute atomic E-state index is 6.29. The number of hydrogen-bond donors (Lipinski definition) is 2. The first-order valence-corrected chi connectivity index (χ1v) is 9.89. The zero-order chi connectivity index (χ0) is 19.3. The number of fused-ring (bicyclic) bond motifs is 1. The lowest BCUT2D eigenvalue weighted by Crippen LogP contribution is -2.44. The molecule has 9 heteroatoms. The van der Waals surface area contributed by atoms with E-state index in [0.29, 0.717) is 11.6 Å². The van der Waals surface area contributed by atoms with Gasteiger partial charge in [0.2, 0.25) is 6.79 Å². The SMILES string of the molecule is CCNC(=NCc1ccc2c(c1)OCO2)NC1CCN(c2ncccc2Cl)C1.I. The number of ether oxygens (including phenoxy) is 2. The first kappa shape index (κ1) is 21.8. The fourth-order valence-electron chi connectivity index (χ4n) is 3.40.